The molecule has 0 saturated heterocycles. The number of hydrogen-bond acceptors (Lipinski definition) is 5. The van der Waals surface area contributed by atoms with E-state index in [1.54, 1.807) is 25.4 Å². The number of anilines is 1. The minimum atomic E-state index is -0.0882. The number of phenolic OH excluding ortho intramolecular Hbond substituents is 1. The Morgan fingerprint density at radius 1 is 1.03 bits per heavy atom. The maximum atomic E-state index is 11.9. The number of pyridine rings is 1. The Morgan fingerprint density at radius 3 is 2.52 bits per heavy atom. The molecule has 0 radical (unpaired) electrons. The molecule has 1 aliphatic rings. The monoisotopic (exact) mass is 418 g/mol. The average Bonchev–Trinajstić information content (AvgIpc) is 2.99. The highest BCUT2D eigenvalue weighted by molar-refractivity contribution is 5.74. The topological polar surface area (TPSA) is 71.2 Å². The molecule has 2 atom stereocenters. The SMILES string of the molecule is C[C@@H]1CCCC[C@H](N(C)c2ccc(-c3ccc(-c4ccn(C)c(=O)c4)cc3O)nn2)C1. The molecule has 0 unspecified atom stereocenters. The highest BCUT2D eigenvalue weighted by atomic mass is 16.3. The molecule has 1 fully saturated rings. The lowest BCUT2D eigenvalue weighted by Crippen LogP contribution is -2.33. The van der Waals surface area contributed by atoms with Crippen LogP contribution in [0.4, 0.5) is 5.82 Å². The predicted octanol–water partition coefficient (Wildman–Crippen LogP) is 4.62. The Labute approximate surface area is 183 Å². The van der Waals surface area contributed by atoms with E-state index < -0.39 is 0 Å². The van der Waals surface area contributed by atoms with E-state index in [9.17, 15) is 9.90 Å². The van der Waals surface area contributed by atoms with Crippen LogP contribution in [0.15, 0.2) is 53.5 Å². The van der Waals surface area contributed by atoms with E-state index >= 15 is 0 Å². The van der Waals surface area contributed by atoms with Crippen LogP contribution in [0.25, 0.3) is 22.4 Å². The van der Waals surface area contributed by atoms with E-state index in [0.717, 1.165) is 22.9 Å². The second-order valence-electron chi connectivity index (χ2n) is 8.76. The normalized spacial score (nSPS) is 19.1. The Bertz CT molecular complexity index is 1110. The van der Waals surface area contributed by atoms with Crippen molar-refractivity contribution in [3.05, 3.63) is 59.0 Å². The fraction of sp³-hybridized carbons (Fsp3) is 0.400. The molecular weight excluding hydrogens is 388 g/mol. The van der Waals surface area contributed by atoms with Crippen LogP contribution in [-0.4, -0.2) is 33.0 Å². The Balaban J connectivity index is 1.54. The molecule has 1 aromatic carbocycles. The van der Waals surface area contributed by atoms with Crippen molar-refractivity contribution in [1.29, 1.82) is 0 Å². The van der Waals surface area contributed by atoms with E-state index in [0.29, 0.717) is 17.3 Å². The summed E-state index contributed by atoms with van der Waals surface area (Å²) in [7, 11) is 3.81. The molecule has 6 heteroatoms. The van der Waals surface area contributed by atoms with Gasteiger partial charge in [0.1, 0.15) is 5.75 Å². The second-order valence-corrected chi connectivity index (χ2v) is 8.76. The van der Waals surface area contributed by atoms with Gasteiger partial charge in [-0.2, -0.15) is 0 Å². The van der Waals surface area contributed by atoms with Gasteiger partial charge in [0.15, 0.2) is 5.82 Å². The third-order valence-electron chi connectivity index (χ3n) is 6.43. The van der Waals surface area contributed by atoms with Crippen LogP contribution in [0.1, 0.15) is 39.0 Å². The predicted molar refractivity (Wildman–Crippen MR) is 124 cm³/mol. The molecule has 3 aromatic rings. The molecule has 2 heterocycles. The molecule has 0 spiro atoms. The second kappa shape index (κ2) is 8.92. The molecule has 31 heavy (non-hydrogen) atoms. The van der Waals surface area contributed by atoms with Crippen molar-refractivity contribution in [2.75, 3.05) is 11.9 Å². The standard InChI is InChI=1S/C25H30N4O2/c1-17-6-4-5-7-20(14-17)29(3)24-11-10-22(26-27-24)21-9-8-18(15-23(21)30)19-12-13-28(2)25(31)16-19/h8-13,15-17,20,30H,4-7,14H2,1-3H3/t17-,20+/m1/s1. The van der Waals surface area contributed by atoms with Gasteiger partial charge >= 0.3 is 0 Å². The van der Waals surface area contributed by atoms with Crippen LogP contribution in [-0.2, 0) is 7.05 Å². The fourth-order valence-corrected chi connectivity index (χ4v) is 4.42. The largest absolute Gasteiger partial charge is 0.507 e. The minimum absolute atomic E-state index is 0.0882. The highest BCUT2D eigenvalue weighted by Crippen LogP contribution is 2.33. The maximum Gasteiger partial charge on any atom is 0.250 e. The van der Waals surface area contributed by atoms with E-state index in [4.69, 9.17) is 0 Å². The zero-order valence-electron chi connectivity index (χ0n) is 18.5. The Morgan fingerprint density at radius 2 is 1.81 bits per heavy atom. The Kier molecular flexibility index (Phi) is 6.07. The van der Waals surface area contributed by atoms with Gasteiger partial charge in [-0.05, 0) is 60.2 Å². The van der Waals surface area contributed by atoms with Gasteiger partial charge in [-0.3, -0.25) is 4.79 Å². The molecule has 4 rings (SSSR count). The van der Waals surface area contributed by atoms with Crippen LogP contribution in [0.3, 0.4) is 0 Å². The van der Waals surface area contributed by atoms with E-state index in [1.165, 1.54) is 36.7 Å². The number of hydrogen-bond donors (Lipinski definition) is 1. The molecule has 1 aliphatic carbocycles. The van der Waals surface area contributed by atoms with Gasteiger partial charge in [0.05, 0.1) is 5.69 Å². The van der Waals surface area contributed by atoms with Crippen molar-refractivity contribution in [3.63, 3.8) is 0 Å². The first-order valence-electron chi connectivity index (χ1n) is 11.0. The van der Waals surface area contributed by atoms with Gasteiger partial charge in [-0.25, -0.2) is 0 Å². The lowest BCUT2D eigenvalue weighted by atomic mass is 9.99. The number of phenols is 1. The van der Waals surface area contributed by atoms with Crippen molar-refractivity contribution in [3.8, 4) is 28.1 Å². The van der Waals surface area contributed by atoms with Gasteiger partial charge in [-0.1, -0.05) is 32.3 Å². The van der Waals surface area contributed by atoms with Crippen LogP contribution >= 0.6 is 0 Å². The molecule has 1 saturated carbocycles. The van der Waals surface area contributed by atoms with Crippen molar-refractivity contribution in [1.82, 2.24) is 14.8 Å². The van der Waals surface area contributed by atoms with Gasteiger partial charge in [0.25, 0.3) is 5.56 Å². The molecule has 0 bridgehead atoms. The van der Waals surface area contributed by atoms with Gasteiger partial charge < -0.3 is 14.6 Å². The van der Waals surface area contributed by atoms with E-state index in [2.05, 4.69) is 29.1 Å². The molecule has 2 aromatic heterocycles. The summed E-state index contributed by atoms with van der Waals surface area (Å²) in [4.78, 5) is 14.2. The molecule has 6 nitrogen and oxygen atoms in total. The summed E-state index contributed by atoms with van der Waals surface area (Å²) >= 11 is 0. The Hall–Kier alpha value is -3.15. The molecule has 0 amide bonds. The summed E-state index contributed by atoms with van der Waals surface area (Å²) in [5, 5.41) is 19.5. The first-order chi connectivity index (χ1) is 14.9. The number of aromatic hydroxyl groups is 1. The smallest absolute Gasteiger partial charge is 0.250 e. The van der Waals surface area contributed by atoms with Crippen LogP contribution < -0.4 is 10.5 Å². The molecule has 0 aliphatic heterocycles. The van der Waals surface area contributed by atoms with Gasteiger partial charge in [0, 0.05) is 38.0 Å². The summed E-state index contributed by atoms with van der Waals surface area (Å²) in [5.74, 6) is 1.72. The van der Waals surface area contributed by atoms with E-state index in [1.807, 2.05) is 30.3 Å². The van der Waals surface area contributed by atoms with Crippen molar-refractivity contribution < 1.29 is 5.11 Å². The first kappa shape index (κ1) is 21.1. The summed E-state index contributed by atoms with van der Waals surface area (Å²) < 4.78 is 1.52. The van der Waals surface area contributed by atoms with Crippen molar-refractivity contribution in [2.24, 2.45) is 13.0 Å². The quantitative estimate of drug-likeness (QED) is 0.626. The van der Waals surface area contributed by atoms with Crippen molar-refractivity contribution >= 4 is 5.82 Å². The van der Waals surface area contributed by atoms with E-state index in [-0.39, 0.29) is 11.3 Å². The van der Waals surface area contributed by atoms with Gasteiger partial charge in [-0.15, -0.1) is 10.2 Å². The number of rotatable bonds is 4. The summed E-state index contributed by atoms with van der Waals surface area (Å²) in [6, 6.07) is 13.2. The number of aryl methyl sites for hydroxylation is 1. The van der Waals surface area contributed by atoms with Crippen LogP contribution in [0.5, 0.6) is 5.75 Å². The molecule has 1 N–H and O–H groups in total. The molecular formula is C25H30N4O2. The summed E-state index contributed by atoms with van der Waals surface area (Å²) in [5.41, 5.74) is 2.71. The third-order valence-corrected chi connectivity index (χ3v) is 6.43. The van der Waals surface area contributed by atoms with Crippen LogP contribution in [0, 0.1) is 5.92 Å². The summed E-state index contributed by atoms with van der Waals surface area (Å²) in [6.07, 6.45) is 7.97. The lowest BCUT2D eigenvalue weighted by Gasteiger charge is -2.29. The minimum Gasteiger partial charge on any atom is -0.507 e. The molecule has 162 valence electrons. The number of benzene rings is 1. The van der Waals surface area contributed by atoms with Crippen LogP contribution in [0.2, 0.25) is 0 Å². The lowest BCUT2D eigenvalue weighted by molar-refractivity contribution is 0.456. The summed E-state index contributed by atoms with van der Waals surface area (Å²) in [6.45, 7) is 2.33. The third kappa shape index (κ3) is 4.63. The zero-order valence-corrected chi connectivity index (χ0v) is 18.5. The zero-order chi connectivity index (χ0) is 22.0. The highest BCUT2D eigenvalue weighted by Gasteiger charge is 2.22. The van der Waals surface area contributed by atoms with Gasteiger partial charge in [0.2, 0.25) is 0 Å². The average molecular weight is 419 g/mol. The fourth-order valence-electron chi connectivity index (χ4n) is 4.42. The number of nitrogens with zero attached hydrogens (tertiary/aromatic N) is 4. The first-order valence-corrected chi connectivity index (χ1v) is 11.0. The van der Waals surface area contributed by atoms with Crippen molar-refractivity contribution in [2.45, 2.75) is 45.1 Å². The maximum absolute atomic E-state index is 11.9. The number of aromatic nitrogens is 3.